The summed E-state index contributed by atoms with van der Waals surface area (Å²) in [5.41, 5.74) is 1.06. The van der Waals surface area contributed by atoms with Crippen molar-refractivity contribution in [2.45, 2.75) is 20.3 Å². The van der Waals surface area contributed by atoms with Crippen molar-refractivity contribution >= 4 is 5.84 Å². The number of ether oxygens (including phenoxy) is 2. The van der Waals surface area contributed by atoms with Gasteiger partial charge < -0.3 is 14.8 Å². The Labute approximate surface area is 108 Å². The smallest absolute Gasteiger partial charge is 0.161 e. The van der Waals surface area contributed by atoms with Crippen LogP contribution in [-0.4, -0.2) is 32.1 Å². The van der Waals surface area contributed by atoms with Crippen molar-refractivity contribution in [3.63, 3.8) is 0 Å². The van der Waals surface area contributed by atoms with E-state index < -0.39 is 0 Å². The predicted octanol–water partition coefficient (Wildman–Crippen LogP) is 2.22. The van der Waals surface area contributed by atoms with E-state index in [1.54, 1.807) is 0 Å². The van der Waals surface area contributed by atoms with Crippen LogP contribution in [0.25, 0.3) is 0 Å². The van der Waals surface area contributed by atoms with Crippen LogP contribution < -0.4 is 14.8 Å². The normalized spacial score (nSPS) is 14.0. The van der Waals surface area contributed by atoms with Crippen molar-refractivity contribution in [2.24, 2.45) is 4.99 Å². The Morgan fingerprint density at radius 1 is 1.22 bits per heavy atom. The number of benzene rings is 1. The van der Waals surface area contributed by atoms with E-state index in [-0.39, 0.29) is 0 Å². The molecule has 0 fully saturated rings. The molecule has 4 heteroatoms. The fourth-order valence-electron chi connectivity index (χ4n) is 1.85. The summed E-state index contributed by atoms with van der Waals surface area (Å²) in [6.45, 7) is 7.15. The topological polar surface area (TPSA) is 42.8 Å². The van der Waals surface area contributed by atoms with Crippen LogP contribution in [0, 0.1) is 0 Å². The van der Waals surface area contributed by atoms with Crippen LogP contribution in [0.5, 0.6) is 11.5 Å². The lowest BCUT2D eigenvalue weighted by atomic mass is 10.2. The van der Waals surface area contributed by atoms with Crippen LogP contribution in [0.15, 0.2) is 23.2 Å². The molecule has 1 heterocycles. The highest BCUT2D eigenvalue weighted by Crippen LogP contribution is 2.29. The quantitative estimate of drug-likeness (QED) is 0.839. The maximum atomic E-state index is 5.67. The highest BCUT2D eigenvalue weighted by Gasteiger charge is 2.12. The van der Waals surface area contributed by atoms with Crippen LogP contribution >= 0.6 is 0 Å². The van der Waals surface area contributed by atoms with Gasteiger partial charge in [-0.1, -0.05) is 6.92 Å². The molecular formula is C14H20N2O2. The van der Waals surface area contributed by atoms with E-state index in [0.29, 0.717) is 13.2 Å². The van der Waals surface area contributed by atoms with Crippen LogP contribution in [0.2, 0.25) is 0 Å². The fraction of sp³-hybridized carbons (Fsp3) is 0.500. The molecule has 98 valence electrons. The molecule has 1 aliphatic heterocycles. The fourth-order valence-corrected chi connectivity index (χ4v) is 1.85. The minimum atomic E-state index is 0.631. The molecule has 0 saturated heterocycles. The van der Waals surface area contributed by atoms with Crippen molar-refractivity contribution in [1.82, 2.24) is 5.32 Å². The van der Waals surface area contributed by atoms with Gasteiger partial charge in [0, 0.05) is 12.1 Å². The van der Waals surface area contributed by atoms with Crippen molar-refractivity contribution in [2.75, 3.05) is 26.3 Å². The second kappa shape index (κ2) is 6.28. The standard InChI is InChI=1S/C14H20N2O2/c1-3-9-18-12-6-5-11(10-13(12)17-4-2)14-15-7-8-16-14/h5-6,10H,3-4,7-9H2,1-2H3,(H,15,16). The van der Waals surface area contributed by atoms with Gasteiger partial charge >= 0.3 is 0 Å². The van der Waals surface area contributed by atoms with Crippen molar-refractivity contribution in [3.8, 4) is 11.5 Å². The molecule has 2 rings (SSSR count). The third-order valence-corrected chi connectivity index (χ3v) is 2.65. The van der Waals surface area contributed by atoms with Crippen LogP contribution in [-0.2, 0) is 0 Å². The number of nitrogens with zero attached hydrogens (tertiary/aromatic N) is 1. The lowest BCUT2D eigenvalue weighted by Crippen LogP contribution is -2.19. The van der Waals surface area contributed by atoms with Crippen molar-refractivity contribution < 1.29 is 9.47 Å². The van der Waals surface area contributed by atoms with E-state index in [1.807, 2.05) is 25.1 Å². The molecule has 18 heavy (non-hydrogen) atoms. The third kappa shape index (κ3) is 2.94. The van der Waals surface area contributed by atoms with Gasteiger partial charge in [0.2, 0.25) is 0 Å². The summed E-state index contributed by atoms with van der Waals surface area (Å²) in [6, 6.07) is 5.97. The van der Waals surface area contributed by atoms with Crippen LogP contribution in [0.1, 0.15) is 25.8 Å². The molecule has 0 saturated carbocycles. The lowest BCUT2D eigenvalue weighted by Gasteiger charge is -2.13. The van der Waals surface area contributed by atoms with Gasteiger partial charge in [-0.15, -0.1) is 0 Å². The second-order valence-corrected chi connectivity index (χ2v) is 4.10. The first kappa shape index (κ1) is 12.7. The van der Waals surface area contributed by atoms with E-state index in [1.165, 1.54) is 0 Å². The monoisotopic (exact) mass is 248 g/mol. The third-order valence-electron chi connectivity index (χ3n) is 2.65. The molecule has 0 atom stereocenters. The molecule has 0 amide bonds. The minimum Gasteiger partial charge on any atom is -0.490 e. The average Bonchev–Trinajstić information content (AvgIpc) is 2.91. The minimum absolute atomic E-state index is 0.631. The van der Waals surface area contributed by atoms with Gasteiger partial charge in [0.25, 0.3) is 0 Å². The Morgan fingerprint density at radius 2 is 2.11 bits per heavy atom. The maximum absolute atomic E-state index is 5.67. The first-order chi connectivity index (χ1) is 8.85. The van der Waals surface area contributed by atoms with Crippen molar-refractivity contribution in [1.29, 1.82) is 0 Å². The van der Waals surface area contributed by atoms with Crippen LogP contribution in [0.4, 0.5) is 0 Å². The van der Waals surface area contributed by atoms with E-state index in [2.05, 4.69) is 17.2 Å². The Hall–Kier alpha value is -1.71. The van der Waals surface area contributed by atoms with E-state index >= 15 is 0 Å². The Kier molecular flexibility index (Phi) is 4.45. The number of rotatable bonds is 6. The summed E-state index contributed by atoms with van der Waals surface area (Å²) in [6.07, 6.45) is 0.988. The number of hydrogen-bond acceptors (Lipinski definition) is 4. The molecule has 1 aliphatic rings. The summed E-state index contributed by atoms with van der Waals surface area (Å²) in [4.78, 5) is 4.41. The molecule has 0 aliphatic carbocycles. The van der Waals surface area contributed by atoms with Crippen molar-refractivity contribution in [3.05, 3.63) is 23.8 Å². The first-order valence-electron chi connectivity index (χ1n) is 6.53. The summed E-state index contributed by atoms with van der Waals surface area (Å²) >= 11 is 0. The highest BCUT2D eigenvalue weighted by molar-refractivity contribution is 6.00. The predicted molar refractivity (Wildman–Crippen MR) is 72.8 cm³/mol. The largest absolute Gasteiger partial charge is 0.490 e. The maximum Gasteiger partial charge on any atom is 0.161 e. The van der Waals surface area contributed by atoms with Gasteiger partial charge in [-0.3, -0.25) is 4.99 Å². The molecule has 1 aromatic carbocycles. The molecule has 0 aromatic heterocycles. The Balaban J connectivity index is 2.21. The molecule has 0 bridgehead atoms. The summed E-state index contributed by atoms with van der Waals surface area (Å²) in [5, 5.41) is 3.26. The molecule has 1 N–H and O–H groups in total. The summed E-state index contributed by atoms with van der Waals surface area (Å²) < 4.78 is 11.3. The van der Waals surface area contributed by atoms with Gasteiger partial charge in [-0.25, -0.2) is 0 Å². The number of nitrogens with one attached hydrogen (secondary N) is 1. The van der Waals surface area contributed by atoms with Gasteiger partial charge in [0.1, 0.15) is 5.84 Å². The first-order valence-corrected chi connectivity index (χ1v) is 6.53. The SMILES string of the molecule is CCCOc1ccc(C2=NCCN2)cc1OCC. The molecule has 0 radical (unpaired) electrons. The Morgan fingerprint density at radius 3 is 2.78 bits per heavy atom. The van der Waals surface area contributed by atoms with Gasteiger partial charge in [-0.05, 0) is 31.5 Å². The van der Waals surface area contributed by atoms with E-state index in [0.717, 1.165) is 42.4 Å². The molecule has 0 spiro atoms. The number of amidine groups is 1. The Bertz CT molecular complexity index is 430. The number of hydrogen-bond donors (Lipinski definition) is 1. The summed E-state index contributed by atoms with van der Waals surface area (Å²) in [5.74, 6) is 2.54. The number of aliphatic imine (C=N–C) groups is 1. The molecule has 1 aromatic rings. The van der Waals surface area contributed by atoms with Gasteiger partial charge in [-0.2, -0.15) is 0 Å². The molecular weight excluding hydrogens is 228 g/mol. The van der Waals surface area contributed by atoms with E-state index in [4.69, 9.17) is 9.47 Å². The zero-order chi connectivity index (χ0) is 12.8. The average molecular weight is 248 g/mol. The van der Waals surface area contributed by atoms with Gasteiger partial charge in [0.15, 0.2) is 11.5 Å². The zero-order valence-corrected chi connectivity index (χ0v) is 11.0. The molecule has 0 unspecified atom stereocenters. The second-order valence-electron chi connectivity index (χ2n) is 4.10. The van der Waals surface area contributed by atoms with E-state index in [9.17, 15) is 0 Å². The van der Waals surface area contributed by atoms with Gasteiger partial charge in [0.05, 0.1) is 19.8 Å². The zero-order valence-electron chi connectivity index (χ0n) is 11.0. The highest BCUT2D eigenvalue weighted by atomic mass is 16.5. The van der Waals surface area contributed by atoms with Crippen LogP contribution in [0.3, 0.4) is 0 Å². The molecule has 4 nitrogen and oxygen atoms in total. The summed E-state index contributed by atoms with van der Waals surface area (Å²) in [7, 11) is 0. The lowest BCUT2D eigenvalue weighted by molar-refractivity contribution is 0.277.